The number of benzene rings is 2. The van der Waals surface area contributed by atoms with Crippen LogP contribution in [0.25, 0.3) is 17.5 Å². The maximum Gasteiger partial charge on any atom is 0.335 e. The topological polar surface area (TPSA) is 101 Å². The third kappa shape index (κ3) is 3.66. The molecule has 8 heteroatoms. The fourth-order valence-electron chi connectivity index (χ4n) is 2.96. The Labute approximate surface area is 171 Å². The molecular weight excluding hydrogens is 384 g/mol. The van der Waals surface area contributed by atoms with Crippen molar-refractivity contribution in [3.8, 4) is 17.1 Å². The fourth-order valence-corrected chi connectivity index (χ4v) is 2.96. The van der Waals surface area contributed by atoms with Crippen LogP contribution in [0.1, 0.15) is 5.56 Å². The van der Waals surface area contributed by atoms with Crippen LogP contribution in [0, 0.1) is 0 Å². The van der Waals surface area contributed by atoms with Gasteiger partial charge >= 0.3 is 6.03 Å². The Morgan fingerprint density at radius 1 is 0.967 bits per heavy atom. The number of carbonyl (C=O) groups is 3. The van der Waals surface area contributed by atoms with Crippen LogP contribution in [0.4, 0.5) is 10.5 Å². The molecule has 0 spiro atoms. The number of imide groups is 2. The number of ether oxygens (including phenoxy) is 1. The Morgan fingerprint density at radius 2 is 1.70 bits per heavy atom. The number of rotatable bonds is 4. The molecule has 30 heavy (non-hydrogen) atoms. The molecule has 0 radical (unpaired) electrons. The maximum absolute atomic E-state index is 12.9. The van der Waals surface area contributed by atoms with Gasteiger partial charge < -0.3 is 4.74 Å². The van der Waals surface area contributed by atoms with Crippen molar-refractivity contribution in [3.05, 3.63) is 78.1 Å². The average Bonchev–Trinajstić information content (AvgIpc) is 2.78. The van der Waals surface area contributed by atoms with Crippen LogP contribution in [-0.4, -0.2) is 34.9 Å². The second kappa shape index (κ2) is 7.96. The summed E-state index contributed by atoms with van der Waals surface area (Å²) in [6, 6.07) is 15.0. The zero-order valence-electron chi connectivity index (χ0n) is 15.9. The fraction of sp³-hybridized carbons (Fsp3) is 0.0455. The van der Waals surface area contributed by atoms with Crippen LogP contribution < -0.4 is 15.0 Å². The van der Waals surface area contributed by atoms with Crippen molar-refractivity contribution in [2.24, 2.45) is 0 Å². The van der Waals surface area contributed by atoms with E-state index in [1.807, 2.05) is 30.3 Å². The first-order valence-corrected chi connectivity index (χ1v) is 9.00. The summed E-state index contributed by atoms with van der Waals surface area (Å²) in [5, 5.41) is 2.18. The van der Waals surface area contributed by atoms with Gasteiger partial charge in [0.25, 0.3) is 11.8 Å². The van der Waals surface area contributed by atoms with E-state index in [0.717, 1.165) is 10.5 Å². The Hall–Kier alpha value is -4.33. The summed E-state index contributed by atoms with van der Waals surface area (Å²) in [5.74, 6) is -0.536. The first kappa shape index (κ1) is 19.0. The van der Waals surface area contributed by atoms with E-state index in [2.05, 4.69) is 15.3 Å². The van der Waals surface area contributed by atoms with Gasteiger partial charge in [0.1, 0.15) is 11.3 Å². The van der Waals surface area contributed by atoms with E-state index < -0.39 is 17.8 Å². The van der Waals surface area contributed by atoms with Gasteiger partial charge in [-0.15, -0.1) is 0 Å². The average molecular weight is 400 g/mol. The van der Waals surface area contributed by atoms with Crippen molar-refractivity contribution < 1.29 is 19.1 Å². The summed E-state index contributed by atoms with van der Waals surface area (Å²) in [4.78, 5) is 47.0. The minimum absolute atomic E-state index is 0.200. The molecule has 0 atom stereocenters. The zero-order chi connectivity index (χ0) is 21.1. The molecule has 2 aromatic carbocycles. The van der Waals surface area contributed by atoms with Crippen LogP contribution in [-0.2, 0) is 9.59 Å². The summed E-state index contributed by atoms with van der Waals surface area (Å²) in [5.41, 5.74) is 1.38. The first-order chi connectivity index (χ1) is 14.6. The molecule has 1 aliphatic rings. The standard InChI is InChI=1S/C22H16N4O4/c1-30-17-9-5-8-16(11-17)26-21(28)18(20(27)25-22(26)29)10-14-12-23-19(24-13-14)15-6-3-2-4-7-15/h2-13H,1H3,(H,25,27,29)/b18-10-. The highest BCUT2D eigenvalue weighted by molar-refractivity contribution is 6.39. The molecule has 148 valence electrons. The van der Waals surface area contributed by atoms with Crippen molar-refractivity contribution in [2.75, 3.05) is 12.0 Å². The van der Waals surface area contributed by atoms with Crippen molar-refractivity contribution >= 4 is 29.6 Å². The number of hydrogen-bond acceptors (Lipinski definition) is 6. The monoisotopic (exact) mass is 400 g/mol. The largest absolute Gasteiger partial charge is 0.497 e. The number of nitrogens with one attached hydrogen (secondary N) is 1. The Morgan fingerprint density at radius 3 is 2.40 bits per heavy atom. The number of anilines is 1. The number of hydrogen-bond donors (Lipinski definition) is 1. The third-order valence-electron chi connectivity index (χ3n) is 4.43. The van der Waals surface area contributed by atoms with Gasteiger partial charge in [0.2, 0.25) is 0 Å². The lowest BCUT2D eigenvalue weighted by Gasteiger charge is -2.26. The van der Waals surface area contributed by atoms with Crippen molar-refractivity contribution in [2.45, 2.75) is 0 Å². The molecule has 0 saturated carbocycles. The highest BCUT2D eigenvalue weighted by Gasteiger charge is 2.37. The van der Waals surface area contributed by atoms with Crippen LogP contribution in [0.3, 0.4) is 0 Å². The van der Waals surface area contributed by atoms with E-state index in [0.29, 0.717) is 17.1 Å². The number of urea groups is 1. The van der Waals surface area contributed by atoms with Gasteiger partial charge in [-0.3, -0.25) is 14.9 Å². The van der Waals surface area contributed by atoms with E-state index in [4.69, 9.17) is 4.74 Å². The SMILES string of the molecule is COc1cccc(N2C(=O)NC(=O)/C(=C/c3cnc(-c4ccccc4)nc3)C2=O)c1. The first-order valence-electron chi connectivity index (χ1n) is 9.00. The summed E-state index contributed by atoms with van der Waals surface area (Å²) in [7, 11) is 1.48. The van der Waals surface area contributed by atoms with Gasteiger partial charge in [-0.25, -0.2) is 19.7 Å². The second-order valence-corrected chi connectivity index (χ2v) is 6.37. The molecule has 4 amide bonds. The molecule has 0 unspecified atom stereocenters. The van der Waals surface area contributed by atoms with Gasteiger partial charge in [-0.05, 0) is 18.2 Å². The summed E-state index contributed by atoms with van der Waals surface area (Å²) >= 11 is 0. The molecule has 1 saturated heterocycles. The number of nitrogens with zero attached hydrogens (tertiary/aromatic N) is 3. The van der Waals surface area contributed by atoms with Crippen LogP contribution >= 0.6 is 0 Å². The van der Waals surface area contributed by atoms with Crippen LogP contribution in [0.2, 0.25) is 0 Å². The van der Waals surface area contributed by atoms with E-state index in [9.17, 15) is 14.4 Å². The molecule has 8 nitrogen and oxygen atoms in total. The van der Waals surface area contributed by atoms with Gasteiger partial charge in [-0.1, -0.05) is 36.4 Å². The lowest BCUT2D eigenvalue weighted by Crippen LogP contribution is -2.54. The van der Waals surface area contributed by atoms with Gasteiger partial charge in [0.15, 0.2) is 5.82 Å². The Balaban J connectivity index is 1.65. The highest BCUT2D eigenvalue weighted by Crippen LogP contribution is 2.25. The van der Waals surface area contributed by atoms with E-state index in [1.54, 1.807) is 18.2 Å². The number of aromatic nitrogens is 2. The van der Waals surface area contributed by atoms with Gasteiger partial charge in [0.05, 0.1) is 12.8 Å². The summed E-state index contributed by atoms with van der Waals surface area (Å²) < 4.78 is 5.14. The lowest BCUT2D eigenvalue weighted by molar-refractivity contribution is -0.122. The Kier molecular flexibility index (Phi) is 5.04. The zero-order valence-corrected chi connectivity index (χ0v) is 15.9. The minimum atomic E-state index is -0.828. The van der Waals surface area contributed by atoms with E-state index >= 15 is 0 Å². The van der Waals surface area contributed by atoms with E-state index in [-0.39, 0.29) is 11.3 Å². The molecule has 0 bridgehead atoms. The minimum Gasteiger partial charge on any atom is -0.497 e. The molecule has 4 rings (SSSR count). The van der Waals surface area contributed by atoms with Crippen molar-refractivity contribution in [1.29, 1.82) is 0 Å². The van der Waals surface area contributed by atoms with Crippen molar-refractivity contribution in [3.63, 3.8) is 0 Å². The number of amides is 4. The molecular formula is C22H16N4O4. The maximum atomic E-state index is 12.9. The predicted octanol–water partition coefficient (Wildman–Crippen LogP) is 2.82. The number of methoxy groups -OCH3 is 1. The Bertz CT molecular complexity index is 1160. The molecule has 1 aromatic heterocycles. The van der Waals surface area contributed by atoms with E-state index in [1.165, 1.54) is 31.6 Å². The molecule has 2 heterocycles. The summed E-state index contributed by atoms with van der Waals surface area (Å²) in [6.45, 7) is 0. The van der Waals surface area contributed by atoms with Crippen LogP contribution in [0.15, 0.2) is 72.6 Å². The summed E-state index contributed by atoms with van der Waals surface area (Å²) in [6.07, 6.45) is 4.37. The predicted molar refractivity (Wildman–Crippen MR) is 109 cm³/mol. The lowest BCUT2D eigenvalue weighted by atomic mass is 10.1. The smallest absolute Gasteiger partial charge is 0.335 e. The molecule has 3 aromatic rings. The molecule has 0 aliphatic carbocycles. The second-order valence-electron chi connectivity index (χ2n) is 6.37. The molecule has 1 aliphatic heterocycles. The quantitative estimate of drug-likeness (QED) is 0.534. The molecule has 1 fully saturated rings. The number of barbiturate groups is 1. The van der Waals surface area contributed by atoms with Gasteiger partial charge in [-0.2, -0.15) is 0 Å². The van der Waals surface area contributed by atoms with Crippen molar-refractivity contribution in [1.82, 2.24) is 15.3 Å². The molecule has 1 N–H and O–H groups in total. The third-order valence-corrected chi connectivity index (χ3v) is 4.43. The van der Waals surface area contributed by atoms with Crippen LogP contribution in [0.5, 0.6) is 5.75 Å². The van der Waals surface area contributed by atoms with Gasteiger partial charge in [0, 0.05) is 29.6 Å². The number of carbonyl (C=O) groups excluding carboxylic acids is 3. The normalized spacial score (nSPS) is 15.3. The highest BCUT2D eigenvalue weighted by atomic mass is 16.5.